The lowest BCUT2D eigenvalue weighted by Crippen LogP contribution is -2.02. The van der Waals surface area contributed by atoms with Gasteiger partial charge in [0.05, 0.1) is 46.8 Å². The first-order valence-electron chi connectivity index (χ1n) is 12.5. The van der Waals surface area contributed by atoms with Gasteiger partial charge in [-0.1, -0.05) is 24.3 Å². The molecule has 0 bridgehead atoms. The smallest absolute Gasteiger partial charge is 0.206 e. The fourth-order valence-electron chi connectivity index (χ4n) is 3.65. The predicted molar refractivity (Wildman–Crippen MR) is 156 cm³/mol. The Balaban J connectivity index is 1.38. The number of hydrazone groups is 2. The number of ether oxygens (including phenoxy) is 2. The topological polar surface area (TPSA) is 101 Å². The SMILES string of the molecule is CCOc1ccccc1/C=N\Nc1ccc(S(=O)(=O)c2ccc(N/N=C/c3ccccc3OCC)cc2)cc1. The lowest BCUT2D eigenvalue weighted by Gasteiger charge is -2.08. The Hall–Kier alpha value is -4.63. The van der Waals surface area contributed by atoms with Gasteiger partial charge in [-0.05, 0) is 86.6 Å². The first-order valence-corrected chi connectivity index (χ1v) is 14.0. The summed E-state index contributed by atoms with van der Waals surface area (Å²) < 4.78 is 37.4. The second-order valence-corrected chi connectivity index (χ2v) is 10.2. The molecule has 39 heavy (non-hydrogen) atoms. The molecule has 8 nitrogen and oxygen atoms in total. The molecule has 0 fully saturated rings. The van der Waals surface area contributed by atoms with E-state index >= 15 is 0 Å². The first-order chi connectivity index (χ1) is 19.0. The second-order valence-electron chi connectivity index (χ2n) is 8.23. The first kappa shape index (κ1) is 27.4. The molecule has 0 spiro atoms. The standard InChI is InChI=1S/C30H30N4O4S/c1-3-37-29-11-7-5-9-23(29)21-31-33-25-13-17-27(18-14-25)39(35,36)28-19-15-26(16-20-28)34-32-22-24-10-6-8-12-30(24)38-4-2/h5-22,33-34H,3-4H2,1-2H3/b31-21-,32-22+. The maximum absolute atomic E-state index is 13.1. The number of benzene rings is 4. The van der Waals surface area contributed by atoms with Crippen LogP contribution < -0.4 is 20.3 Å². The number of nitrogens with one attached hydrogen (secondary N) is 2. The zero-order valence-corrected chi connectivity index (χ0v) is 22.6. The zero-order chi connectivity index (χ0) is 27.5. The van der Waals surface area contributed by atoms with E-state index in [0.29, 0.717) is 24.6 Å². The summed E-state index contributed by atoms with van der Waals surface area (Å²) in [6.45, 7) is 4.97. The van der Waals surface area contributed by atoms with Crippen molar-refractivity contribution in [2.24, 2.45) is 10.2 Å². The van der Waals surface area contributed by atoms with Crippen molar-refractivity contribution in [2.75, 3.05) is 24.1 Å². The third-order valence-electron chi connectivity index (χ3n) is 5.56. The minimum atomic E-state index is -3.69. The minimum Gasteiger partial charge on any atom is -0.493 e. The summed E-state index contributed by atoms with van der Waals surface area (Å²) in [6, 6.07) is 28.1. The van der Waals surface area contributed by atoms with E-state index in [2.05, 4.69) is 21.1 Å². The molecule has 0 saturated heterocycles. The van der Waals surface area contributed by atoms with E-state index in [0.717, 1.165) is 22.6 Å². The second kappa shape index (κ2) is 13.3. The van der Waals surface area contributed by atoms with Gasteiger partial charge in [0, 0.05) is 11.1 Å². The van der Waals surface area contributed by atoms with Gasteiger partial charge >= 0.3 is 0 Å². The van der Waals surface area contributed by atoms with E-state index in [1.807, 2.05) is 62.4 Å². The molecule has 0 heterocycles. The summed E-state index contributed by atoms with van der Waals surface area (Å²) in [5.74, 6) is 1.49. The largest absolute Gasteiger partial charge is 0.493 e. The van der Waals surface area contributed by atoms with Crippen LogP contribution in [0.2, 0.25) is 0 Å². The number of rotatable bonds is 12. The van der Waals surface area contributed by atoms with Crippen LogP contribution in [0.15, 0.2) is 117 Å². The van der Waals surface area contributed by atoms with E-state index < -0.39 is 9.84 Å². The summed E-state index contributed by atoms with van der Waals surface area (Å²) in [4.78, 5) is 0.370. The molecule has 2 N–H and O–H groups in total. The molecule has 4 aromatic carbocycles. The molecule has 4 aromatic rings. The number of hydrogen-bond acceptors (Lipinski definition) is 8. The Labute approximate surface area is 228 Å². The molecule has 0 radical (unpaired) electrons. The maximum atomic E-state index is 13.1. The van der Waals surface area contributed by atoms with Crippen molar-refractivity contribution in [3.63, 3.8) is 0 Å². The van der Waals surface area contributed by atoms with Crippen LogP contribution in [0.4, 0.5) is 11.4 Å². The van der Waals surface area contributed by atoms with Crippen molar-refractivity contribution in [2.45, 2.75) is 23.6 Å². The maximum Gasteiger partial charge on any atom is 0.206 e. The Bertz CT molecular complexity index is 1420. The molecule has 0 aliphatic heterocycles. The van der Waals surface area contributed by atoms with Crippen molar-refractivity contribution in [3.05, 3.63) is 108 Å². The Kier molecular flexibility index (Phi) is 9.31. The number of sulfone groups is 1. The summed E-state index contributed by atoms with van der Waals surface area (Å²) in [5.41, 5.74) is 8.83. The highest BCUT2D eigenvalue weighted by molar-refractivity contribution is 7.91. The third-order valence-corrected chi connectivity index (χ3v) is 7.35. The number of para-hydroxylation sites is 2. The molecule has 200 valence electrons. The summed E-state index contributed by atoms with van der Waals surface area (Å²) in [6.07, 6.45) is 3.32. The molecule has 0 unspecified atom stereocenters. The van der Waals surface area contributed by atoms with Crippen molar-refractivity contribution >= 4 is 33.6 Å². The van der Waals surface area contributed by atoms with Gasteiger partial charge in [0.1, 0.15) is 11.5 Å². The normalized spacial score (nSPS) is 11.5. The molecule has 0 saturated carbocycles. The average molecular weight is 543 g/mol. The molecule has 4 rings (SSSR count). The van der Waals surface area contributed by atoms with Crippen LogP contribution in [0, 0.1) is 0 Å². The zero-order valence-electron chi connectivity index (χ0n) is 21.7. The molecule has 0 aromatic heterocycles. The number of hydrogen-bond donors (Lipinski definition) is 2. The van der Waals surface area contributed by atoms with Gasteiger partial charge < -0.3 is 9.47 Å². The molecule has 9 heteroatoms. The predicted octanol–water partition coefficient (Wildman–Crippen LogP) is 6.21. The molecular formula is C30H30N4O4S. The lowest BCUT2D eigenvalue weighted by atomic mass is 10.2. The Morgan fingerprint density at radius 1 is 0.615 bits per heavy atom. The van der Waals surface area contributed by atoms with Gasteiger partial charge in [-0.3, -0.25) is 10.9 Å². The highest BCUT2D eigenvalue weighted by Gasteiger charge is 2.17. The van der Waals surface area contributed by atoms with Crippen LogP contribution in [0.1, 0.15) is 25.0 Å². The van der Waals surface area contributed by atoms with Gasteiger partial charge in [0.2, 0.25) is 9.84 Å². The lowest BCUT2D eigenvalue weighted by molar-refractivity contribution is 0.339. The van der Waals surface area contributed by atoms with Gasteiger partial charge in [-0.15, -0.1) is 0 Å². The van der Waals surface area contributed by atoms with E-state index in [-0.39, 0.29) is 9.79 Å². The van der Waals surface area contributed by atoms with Gasteiger partial charge in [0.25, 0.3) is 0 Å². The minimum absolute atomic E-state index is 0.185. The van der Waals surface area contributed by atoms with Crippen LogP contribution in [0.3, 0.4) is 0 Å². The van der Waals surface area contributed by atoms with Crippen LogP contribution in [0.5, 0.6) is 11.5 Å². The van der Waals surface area contributed by atoms with Gasteiger partial charge in [-0.2, -0.15) is 10.2 Å². The average Bonchev–Trinajstić information content (AvgIpc) is 2.96. The Morgan fingerprint density at radius 2 is 1.00 bits per heavy atom. The fourth-order valence-corrected chi connectivity index (χ4v) is 4.92. The van der Waals surface area contributed by atoms with Gasteiger partial charge in [0.15, 0.2) is 0 Å². The van der Waals surface area contributed by atoms with Crippen molar-refractivity contribution in [1.29, 1.82) is 0 Å². The van der Waals surface area contributed by atoms with Crippen LogP contribution in [-0.2, 0) is 9.84 Å². The fraction of sp³-hybridized carbons (Fsp3) is 0.133. The summed E-state index contributed by atoms with van der Waals surface area (Å²) in [5, 5.41) is 8.48. The Morgan fingerprint density at radius 3 is 1.38 bits per heavy atom. The van der Waals surface area contributed by atoms with E-state index in [9.17, 15) is 8.42 Å². The summed E-state index contributed by atoms with van der Waals surface area (Å²) in [7, 11) is -3.69. The van der Waals surface area contributed by atoms with Gasteiger partial charge in [-0.25, -0.2) is 8.42 Å². The van der Waals surface area contributed by atoms with Crippen LogP contribution in [-0.4, -0.2) is 34.1 Å². The summed E-state index contributed by atoms with van der Waals surface area (Å²) >= 11 is 0. The van der Waals surface area contributed by atoms with Crippen LogP contribution >= 0.6 is 0 Å². The molecule has 0 aliphatic rings. The monoisotopic (exact) mass is 542 g/mol. The van der Waals surface area contributed by atoms with Crippen molar-refractivity contribution in [3.8, 4) is 11.5 Å². The highest BCUT2D eigenvalue weighted by Crippen LogP contribution is 2.24. The van der Waals surface area contributed by atoms with Crippen molar-refractivity contribution < 1.29 is 17.9 Å². The third kappa shape index (κ3) is 7.24. The van der Waals surface area contributed by atoms with Crippen LogP contribution in [0.25, 0.3) is 0 Å². The molecular weight excluding hydrogens is 512 g/mol. The molecule has 0 aliphatic carbocycles. The van der Waals surface area contributed by atoms with E-state index in [1.54, 1.807) is 61.0 Å². The molecule has 0 amide bonds. The van der Waals surface area contributed by atoms with E-state index in [4.69, 9.17) is 9.47 Å². The van der Waals surface area contributed by atoms with Crippen molar-refractivity contribution in [1.82, 2.24) is 0 Å². The number of nitrogens with zero attached hydrogens (tertiary/aromatic N) is 2. The quantitative estimate of drug-likeness (QED) is 0.163. The number of anilines is 2. The molecule has 0 atom stereocenters. The highest BCUT2D eigenvalue weighted by atomic mass is 32.2. The van der Waals surface area contributed by atoms with E-state index in [1.165, 1.54) is 0 Å².